The molecule has 194 valence electrons. The van der Waals surface area contributed by atoms with E-state index in [4.69, 9.17) is 5.11 Å². The van der Waals surface area contributed by atoms with Crippen LogP contribution in [0.25, 0.3) is 0 Å². The first-order valence-electron chi connectivity index (χ1n) is 11.7. The van der Waals surface area contributed by atoms with Crippen molar-refractivity contribution in [1.82, 2.24) is 14.3 Å². The molecule has 0 saturated heterocycles. The molecule has 1 rings (SSSR count). The van der Waals surface area contributed by atoms with E-state index in [-0.39, 0.29) is 44.2 Å². The van der Waals surface area contributed by atoms with Gasteiger partial charge in [0.1, 0.15) is 0 Å². The zero-order chi connectivity index (χ0) is 25.9. The van der Waals surface area contributed by atoms with Gasteiger partial charge in [-0.15, -0.1) is 0 Å². The standard InChI is InChI=1S/C24H41N3O6S/c1-18(2)14-15-27(34(32,33)26-24(3,4)5)17-21(28)20(16-19-10-7-6-8-11-19)25-22(29)12-9-13-23(30)31/h6-8,10-11,18,20-21,26,28H,9,12-17H2,1-5H3,(H,25,29)(H,30,31)/t20-,21+/m0/s1. The maximum Gasteiger partial charge on any atom is 0.303 e. The third-order valence-electron chi connectivity index (χ3n) is 5.03. The van der Waals surface area contributed by atoms with E-state index >= 15 is 0 Å². The number of nitrogens with zero attached hydrogens (tertiary/aromatic N) is 1. The van der Waals surface area contributed by atoms with Crippen molar-refractivity contribution in [2.24, 2.45) is 5.92 Å². The van der Waals surface area contributed by atoms with Crippen LogP contribution in [0.2, 0.25) is 0 Å². The molecule has 0 aliphatic heterocycles. The molecule has 0 aliphatic carbocycles. The van der Waals surface area contributed by atoms with Crippen molar-refractivity contribution in [1.29, 1.82) is 0 Å². The van der Waals surface area contributed by atoms with Gasteiger partial charge in [-0.1, -0.05) is 44.2 Å². The van der Waals surface area contributed by atoms with E-state index in [0.717, 1.165) is 5.56 Å². The topological polar surface area (TPSA) is 136 Å². The van der Waals surface area contributed by atoms with Crippen molar-refractivity contribution in [3.8, 4) is 0 Å². The van der Waals surface area contributed by atoms with E-state index in [2.05, 4.69) is 10.0 Å². The summed E-state index contributed by atoms with van der Waals surface area (Å²) in [5.74, 6) is -1.10. The first-order valence-corrected chi connectivity index (χ1v) is 13.2. The van der Waals surface area contributed by atoms with Crippen molar-refractivity contribution in [3.05, 3.63) is 35.9 Å². The molecular formula is C24H41N3O6S. The summed E-state index contributed by atoms with van der Waals surface area (Å²) in [6, 6.07) is 8.54. The number of hydrogen-bond donors (Lipinski definition) is 4. The van der Waals surface area contributed by atoms with Crippen LogP contribution in [0.5, 0.6) is 0 Å². The summed E-state index contributed by atoms with van der Waals surface area (Å²) in [5.41, 5.74) is 0.184. The first kappa shape index (κ1) is 30.0. The van der Waals surface area contributed by atoms with Gasteiger partial charge in [-0.3, -0.25) is 9.59 Å². The predicted molar refractivity (Wildman–Crippen MR) is 132 cm³/mol. The summed E-state index contributed by atoms with van der Waals surface area (Å²) in [7, 11) is -3.88. The third kappa shape index (κ3) is 12.5. The highest BCUT2D eigenvalue weighted by Gasteiger charge is 2.32. The molecule has 0 fully saturated rings. The summed E-state index contributed by atoms with van der Waals surface area (Å²) < 4.78 is 30.0. The number of carboxylic acids is 1. The first-order chi connectivity index (χ1) is 15.7. The van der Waals surface area contributed by atoms with E-state index in [1.54, 1.807) is 20.8 Å². The Morgan fingerprint density at radius 3 is 2.24 bits per heavy atom. The number of carboxylic acid groups (broad SMARTS) is 1. The molecule has 2 atom stereocenters. The predicted octanol–water partition coefficient (Wildman–Crippen LogP) is 2.31. The van der Waals surface area contributed by atoms with Gasteiger partial charge in [-0.2, -0.15) is 17.4 Å². The smallest absolute Gasteiger partial charge is 0.303 e. The number of aliphatic hydroxyl groups excluding tert-OH is 1. The van der Waals surface area contributed by atoms with Crippen LogP contribution in [-0.2, 0) is 26.2 Å². The summed E-state index contributed by atoms with van der Waals surface area (Å²) in [6.45, 7) is 9.27. The Morgan fingerprint density at radius 2 is 1.71 bits per heavy atom. The summed E-state index contributed by atoms with van der Waals surface area (Å²) in [5, 5.41) is 22.7. The van der Waals surface area contributed by atoms with Crippen LogP contribution in [0.1, 0.15) is 65.9 Å². The van der Waals surface area contributed by atoms with Crippen LogP contribution in [0.3, 0.4) is 0 Å². The zero-order valence-electron chi connectivity index (χ0n) is 21.0. The second-order valence-corrected chi connectivity index (χ2v) is 11.7. The van der Waals surface area contributed by atoms with Gasteiger partial charge in [0.2, 0.25) is 5.91 Å². The lowest BCUT2D eigenvalue weighted by Crippen LogP contribution is -2.54. The molecule has 0 heterocycles. The lowest BCUT2D eigenvalue weighted by molar-refractivity contribution is -0.137. The average Bonchev–Trinajstić information content (AvgIpc) is 2.68. The molecule has 0 spiro atoms. The van der Waals surface area contributed by atoms with Crippen LogP contribution in [0.15, 0.2) is 30.3 Å². The minimum atomic E-state index is -3.88. The van der Waals surface area contributed by atoms with Crippen LogP contribution in [0, 0.1) is 5.92 Å². The number of hydrogen-bond acceptors (Lipinski definition) is 5. The molecule has 0 aliphatic rings. The zero-order valence-corrected chi connectivity index (χ0v) is 21.8. The Balaban J connectivity index is 3.06. The van der Waals surface area contributed by atoms with Gasteiger partial charge in [0.05, 0.1) is 12.1 Å². The number of aliphatic hydroxyl groups is 1. The van der Waals surface area contributed by atoms with Gasteiger partial charge < -0.3 is 15.5 Å². The second-order valence-electron chi connectivity index (χ2n) is 10.1. The molecule has 0 bridgehead atoms. The van der Waals surface area contributed by atoms with E-state index in [1.165, 1.54) is 4.31 Å². The number of benzene rings is 1. The molecule has 34 heavy (non-hydrogen) atoms. The Morgan fingerprint density at radius 1 is 1.09 bits per heavy atom. The highest BCUT2D eigenvalue weighted by atomic mass is 32.2. The van der Waals surface area contributed by atoms with Crippen molar-refractivity contribution >= 4 is 22.1 Å². The van der Waals surface area contributed by atoms with Crippen LogP contribution < -0.4 is 10.0 Å². The van der Waals surface area contributed by atoms with Crippen molar-refractivity contribution in [2.45, 2.75) is 84.4 Å². The molecular weight excluding hydrogens is 458 g/mol. The van der Waals surface area contributed by atoms with Crippen molar-refractivity contribution in [3.63, 3.8) is 0 Å². The Hall–Kier alpha value is -2.01. The molecule has 0 aromatic heterocycles. The van der Waals surface area contributed by atoms with E-state index in [0.29, 0.717) is 12.8 Å². The Bertz CT molecular complexity index is 868. The molecule has 4 N–H and O–H groups in total. The Kier molecular flexibility index (Phi) is 12.2. The van der Waals surface area contributed by atoms with E-state index < -0.39 is 33.9 Å². The van der Waals surface area contributed by atoms with Gasteiger partial charge in [0.25, 0.3) is 10.2 Å². The number of carbonyl (C=O) groups is 2. The SMILES string of the molecule is CC(C)CCN(C[C@@H](O)[C@H](Cc1ccccc1)NC(=O)CCCC(=O)O)S(=O)(=O)NC(C)(C)C. The molecule has 0 saturated carbocycles. The van der Waals surface area contributed by atoms with E-state index in [9.17, 15) is 23.1 Å². The van der Waals surface area contributed by atoms with Gasteiger partial charge in [-0.05, 0) is 51.5 Å². The summed E-state index contributed by atoms with van der Waals surface area (Å²) in [4.78, 5) is 23.2. The lowest BCUT2D eigenvalue weighted by Gasteiger charge is -2.32. The molecule has 0 radical (unpaired) electrons. The maximum absolute atomic E-state index is 13.1. The number of rotatable bonds is 15. The van der Waals surface area contributed by atoms with Crippen molar-refractivity contribution < 1.29 is 28.2 Å². The fourth-order valence-electron chi connectivity index (χ4n) is 3.33. The molecule has 0 unspecified atom stereocenters. The lowest BCUT2D eigenvalue weighted by atomic mass is 10.0. The van der Waals surface area contributed by atoms with Crippen LogP contribution in [-0.4, -0.2) is 65.6 Å². The maximum atomic E-state index is 13.1. The van der Waals surface area contributed by atoms with Gasteiger partial charge >= 0.3 is 5.97 Å². The number of nitrogens with one attached hydrogen (secondary N) is 2. The highest BCUT2D eigenvalue weighted by Crippen LogP contribution is 2.14. The average molecular weight is 500 g/mol. The molecule has 1 aromatic rings. The largest absolute Gasteiger partial charge is 0.481 e. The highest BCUT2D eigenvalue weighted by molar-refractivity contribution is 7.87. The molecule has 9 nitrogen and oxygen atoms in total. The van der Waals surface area contributed by atoms with Crippen molar-refractivity contribution in [2.75, 3.05) is 13.1 Å². The quantitative estimate of drug-likeness (QED) is 0.292. The molecule has 1 amide bonds. The molecule has 1 aromatic carbocycles. The van der Waals surface area contributed by atoms with Gasteiger partial charge in [-0.25, -0.2) is 0 Å². The Labute approximate surface area is 204 Å². The fourth-order valence-corrected chi connectivity index (χ4v) is 4.93. The van der Waals surface area contributed by atoms with Crippen LogP contribution >= 0.6 is 0 Å². The third-order valence-corrected chi connectivity index (χ3v) is 6.91. The summed E-state index contributed by atoms with van der Waals surface area (Å²) in [6.07, 6.45) is -0.197. The van der Waals surface area contributed by atoms with E-state index in [1.807, 2.05) is 44.2 Å². The number of amides is 1. The monoisotopic (exact) mass is 499 g/mol. The summed E-state index contributed by atoms with van der Waals surface area (Å²) >= 11 is 0. The molecule has 10 heteroatoms. The second kappa shape index (κ2) is 13.8. The minimum absolute atomic E-state index is 0.00521. The van der Waals surface area contributed by atoms with Gasteiger partial charge in [0.15, 0.2) is 0 Å². The number of aliphatic carboxylic acids is 1. The normalized spacial score (nSPS) is 14.2. The van der Waals surface area contributed by atoms with Crippen LogP contribution in [0.4, 0.5) is 0 Å². The fraction of sp³-hybridized carbons (Fsp3) is 0.667. The minimum Gasteiger partial charge on any atom is -0.481 e. The van der Waals surface area contributed by atoms with Gasteiger partial charge in [0, 0.05) is 31.5 Å². The number of carbonyl (C=O) groups excluding carboxylic acids is 1.